The molecular weight excluding hydrogens is 411 g/mol. The number of benzene rings is 2. The average molecular weight is 425 g/mol. The van der Waals surface area contributed by atoms with Crippen molar-refractivity contribution in [2.24, 2.45) is 0 Å². The first kappa shape index (κ1) is 18.6. The van der Waals surface area contributed by atoms with E-state index in [0.29, 0.717) is 29.1 Å². The maximum atomic E-state index is 12.8. The van der Waals surface area contributed by atoms with E-state index in [0.717, 1.165) is 27.8 Å². The highest BCUT2D eigenvalue weighted by Crippen LogP contribution is 2.33. The number of aromatic nitrogens is 4. The molecule has 5 aromatic rings. The lowest BCUT2D eigenvalue weighted by atomic mass is 10.1. The standard InChI is InChI=1S/C21H14F3N5S/c22-21(23,24)13-7-5-12(6-8-13)9-29-11-26-17-18(25)27-19(28-20(17)29)15-10-30-16-4-2-1-3-14(15)16/h1-8,10-11H,9H2,(H2,25,27,28). The van der Waals surface area contributed by atoms with Gasteiger partial charge in [0.25, 0.3) is 0 Å². The van der Waals surface area contributed by atoms with Crippen molar-refractivity contribution >= 4 is 38.4 Å². The largest absolute Gasteiger partial charge is 0.416 e. The summed E-state index contributed by atoms with van der Waals surface area (Å²) in [6.45, 7) is 0.314. The Morgan fingerprint density at radius 2 is 1.77 bits per heavy atom. The zero-order valence-corrected chi connectivity index (χ0v) is 16.2. The molecule has 0 atom stereocenters. The quantitative estimate of drug-likeness (QED) is 0.423. The van der Waals surface area contributed by atoms with Gasteiger partial charge in [-0.15, -0.1) is 11.3 Å². The topological polar surface area (TPSA) is 69.6 Å². The lowest BCUT2D eigenvalue weighted by Crippen LogP contribution is -2.06. The number of hydrogen-bond acceptors (Lipinski definition) is 5. The zero-order chi connectivity index (χ0) is 20.9. The van der Waals surface area contributed by atoms with Gasteiger partial charge in [0.1, 0.15) is 5.52 Å². The predicted octanol–water partition coefficient (Wildman–Crippen LogP) is 5.36. The molecule has 0 aliphatic heterocycles. The number of nitrogens with two attached hydrogens (primary N) is 1. The number of thiophene rings is 1. The minimum Gasteiger partial charge on any atom is -0.382 e. The second kappa shape index (κ2) is 6.81. The highest BCUT2D eigenvalue weighted by Gasteiger charge is 2.30. The Labute approximate surface area is 172 Å². The number of nitrogens with zero attached hydrogens (tertiary/aromatic N) is 4. The Morgan fingerprint density at radius 3 is 2.53 bits per heavy atom. The number of fused-ring (bicyclic) bond motifs is 2. The summed E-state index contributed by atoms with van der Waals surface area (Å²) >= 11 is 1.60. The fourth-order valence-corrected chi connectivity index (χ4v) is 4.29. The second-order valence-corrected chi connectivity index (χ2v) is 7.73. The third kappa shape index (κ3) is 3.17. The zero-order valence-electron chi connectivity index (χ0n) is 15.4. The van der Waals surface area contributed by atoms with Crippen molar-refractivity contribution in [3.05, 3.63) is 71.4 Å². The van der Waals surface area contributed by atoms with Crippen LogP contribution < -0.4 is 5.73 Å². The van der Waals surface area contributed by atoms with Crippen LogP contribution in [-0.4, -0.2) is 19.5 Å². The van der Waals surface area contributed by atoms with Crippen LogP contribution in [0.2, 0.25) is 0 Å². The van der Waals surface area contributed by atoms with Crippen molar-refractivity contribution < 1.29 is 13.2 Å². The van der Waals surface area contributed by atoms with Gasteiger partial charge in [-0.1, -0.05) is 30.3 Å². The first-order valence-electron chi connectivity index (χ1n) is 9.01. The van der Waals surface area contributed by atoms with Crippen LogP contribution in [0.1, 0.15) is 11.1 Å². The smallest absolute Gasteiger partial charge is 0.382 e. The van der Waals surface area contributed by atoms with E-state index in [1.54, 1.807) is 22.2 Å². The van der Waals surface area contributed by atoms with Crippen molar-refractivity contribution in [2.45, 2.75) is 12.7 Å². The molecular formula is C21H14F3N5S. The summed E-state index contributed by atoms with van der Waals surface area (Å²) in [7, 11) is 0. The maximum absolute atomic E-state index is 12.8. The molecule has 3 aromatic heterocycles. The molecule has 3 heterocycles. The maximum Gasteiger partial charge on any atom is 0.416 e. The van der Waals surface area contributed by atoms with E-state index >= 15 is 0 Å². The van der Waals surface area contributed by atoms with Crippen LogP contribution in [0.5, 0.6) is 0 Å². The third-order valence-electron chi connectivity index (χ3n) is 4.85. The van der Waals surface area contributed by atoms with Crippen molar-refractivity contribution in [3.63, 3.8) is 0 Å². The molecule has 9 heteroatoms. The van der Waals surface area contributed by atoms with Crippen LogP contribution in [0.25, 0.3) is 32.6 Å². The molecule has 0 aliphatic rings. The van der Waals surface area contributed by atoms with Gasteiger partial charge in [-0.25, -0.2) is 15.0 Å². The number of nitrogen functional groups attached to an aromatic ring is 1. The van der Waals surface area contributed by atoms with Gasteiger partial charge in [-0.3, -0.25) is 0 Å². The van der Waals surface area contributed by atoms with E-state index in [1.807, 2.05) is 29.6 Å². The SMILES string of the molecule is Nc1nc(-c2csc3ccccc23)nc2c1ncn2Cc1ccc(C(F)(F)F)cc1. The normalized spacial score (nSPS) is 12.1. The molecule has 0 amide bonds. The minimum absolute atomic E-state index is 0.261. The summed E-state index contributed by atoms with van der Waals surface area (Å²) in [6, 6.07) is 13.0. The lowest BCUT2D eigenvalue weighted by Gasteiger charge is -2.09. The van der Waals surface area contributed by atoms with Crippen LogP contribution in [0.15, 0.2) is 60.2 Å². The molecule has 5 nitrogen and oxygen atoms in total. The summed E-state index contributed by atoms with van der Waals surface area (Å²) in [5.74, 6) is 0.753. The predicted molar refractivity (Wildman–Crippen MR) is 111 cm³/mol. The number of halogens is 3. The summed E-state index contributed by atoms with van der Waals surface area (Å²) < 4.78 is 41.3. The first-order chi connectivity index (χ1) is 14.4. The van der Waals surface area contributed by atoms with Crippen molar-refractivity contribution in [1.82, 2.24) is 19.5 Å². The second-order valence-electron chi connectivity index (χ2n) is 6.82. The number of anilines is 1. The fraction of sp³-hybridized carbons (Fsp3) is 0.0952. The fourth-order valence-electron chi connectivity index (χ4n) is 3.35. The average Bonchev–Trinajstić information content (AvgIpc) is 3.32. The van der Waals surface area contributed by atoms with Crippen LogP contribution in [0.3, 0.4) is 0 Å². The monoisotopic (exact) mass is 425 g/mol. The van der Waals surface area contributed by atoms with Crippen LogP contribution in [0.4, 0.5) is 19.0 Å². The first-order valence-corrected chi connectivity index (χ1v) is 9.89. The summed E-state index contributed by atoms with van der Waals surface area (Å²) in [5.41, 5.74) is 8.03. The highest BCUT2D eigenvalue weighted by molar-refractivity contribution is 7.17. The summed E-state index contributed by atoms with van der Waals surface area (Å²) in [6.07, 6.45) is -2.79. The van der Waals surface area contributed by atoms with E-state index in [9.17, 15) is 13.2 Å². The molecule has 0 radical (unpaired) electrons. The molecule has 5 rings (SSSR count). The Morgan fingerprint density at radius 1 is 1.00 bits per heavy atom. The molecule has 0 aliphatic carbocycles. The number of hydrogen-bond donors (Lipinski definition) is 1. The van der Waals surface area contributed by atoms with Gasteiger partial charge in [-0.05, 0) is 23.8 Å². The van der Waals surface area contributed by atoms with Crippen LogP contribution in [0, 0.1) is 0 Å². The molecule has 0 spiro atoms. The molecule has 0 saturated heterocycles. The van der Waals surface area contributed by atoms with E-state index < -0.39 is 11.7 Å². The van der Waals surface area contributed by atoms with Gasteiger partial charge in [0, 0.05) is 21.0 Å². The molecule has 2 aromatic carbocycles. The Bertz CT molecular complexity index is 1370. The minimum atomic E-state index is -4.36. The summed E-state index contributed by atoms with van der Waals surface area (Å²) in [5, 5.41) is 3.03. The Kier molecular flexibility index (Phi) is 4.21. The molecule has 150 valence electrons. The molecule has 30 heavy (non-hydrogen) atoms. The molecule has 0 bridgehead atoms. The lowest BCUT2D eigenvalue weighted by molar-refractivity contribution is -0.137. The Hall–Kier alpha value is -3.46. The van der Waals surface area contributed by atoms with Gasteiger partial charge < -0.3 is 10.3 Å². The summed E-state index contributed by atoms with van der Waals surface area (Å²) in [4.78, 5) is 13.4. The Balaban J connectivity index is 1.56. The van der Waals surface area contributed by atoms with Gasteiger partial charge in [0.05, 0.1) is 18.4 Å². The highest BCUT2D eigenvalue weighted by atomic mass is 32.1. The van der Waals surface area contributed by atoms with Crippen molar-refractivity contribution in [1.29, 1.82) is 0 Å². The number of imidazole rings is 1. The third-order valence-corrected chi connectivity index (χ3v) is 5.81. The van der Waals surface area contributed by atoms with Gasteiger partial charge in [0.2, 0.25) is 0 Å². The van der Waals surface area contributed by atoms with Crippen LogP contribution >= 0.6 is 11.3 Å². The number of rotatable bonds is 3. The van der Waals surface area contributed by atoms with E-state index in [-0.39, 0.29) is 5.82 Å². The molecule has 0 unspecified atom stereocenters. The van der Waals surface area contributed by atoms with Crippen molar-refractivity contribution in [2.75, 3.05) is 5.73 Å². The van der Waals surface area contributed by atoms with Gasteiger partial charge in [0.15, 0.2) is 17.3 Å². The van der Waals surface area contributed by atoms with Crippen LogP contribution in [-0.2, 0) is 12.7 Å². The van der Waals surface area contributed by atoms with E-state index in [2.05, 4.69) is 15.0 Å². The van der Waals surface area contributed by atoms with E-state index in [1.165, 1.54) is 12.1 Å². The van der Waals surface area contributed by atoms with Gasteiger partial charge in [-0.2, -0.15) is 13.2 Å². The molecule has 0 saturated carbocycles. The molecule has 2 N–H and O–H groups in total. The molecule has 0 fully saturated rings. The number of alkyl halides is 3. The van der Waals surface area contributed by atoms with Crippen molar-refractivity contribution in [3.8, 4) is 11.4 Å². The van der Waals surface area contributed by atoms with E-state index in [4.69, 9.17) is 5.73 Å². The van der Waals surface area contributed by atoms with Gasteiger partial charge >= 0.3 is 6.18 Å².